The minimum Gasteiger partial charge on any atom is -0.453 e. The lowest BCUT2D eigenvalue weighted by molar-refractivity contribution is 0.446. The molecule has 0 spiro atoms. The number of nitrogens with zero attached hydrogens (tertiary/aromatic N) is 2. The molecule has 3 heterocycles. The molecule has 4 heteroatoms. The van der Waals surface area contributed by atoms with E-state index in [1.54, 1.807) is 0 Å². The third kappa shape index (κ3) is 2.07. The molecule has 0 amide bonds. The van der Waals surface area contributed by atoms with Crippen molar-refractivity contribution >= 4 is 17.1 Å². The van der Waals surface area contributed by atoms with Crippen LogP contribution in [-0.2, 0) is 0 Å². The highest BCUT2D eigenvalue weighted by Crippen LogP contribution is 2.59. The molecular weight excluding hydrogens is 336 g/mol. The fraction of sp³-hybridized carbons (Fsp3) is 0. The largest absolute Gasteiger partial charge is 0.453 e. The zero-order chi connectivity index (χ0) is 17.8. The molecule has 0 radical (unpaired) electrons. The Kier molecular flexibility index (Phi) is 2.85. The first-order chi connectivity index (χ1) is 13.4. The molecule has 0 aliphatic carbocycles. The van der Waals surface area contributed by atoms with Crippen molar-refractivity contribution in [2.45, 2.75) is 0 Å². The molecule has 2 aliphatic rings. The average Bonchev–Trinajstić information content (AvgIpc) is 2.74. The van der Waals surface area contributed by atoms with E-state index in [0.29, 0.717) is 0 Å². The van der Waals surface area contributed by atoms with Crippen molar-refractivity contribution in [2.24, 2.45) is 0 Å². The van der Waals surface area contributed by atoms with Gasteiger partial charge in [0.25, 0.3) is 0 Å². The number of ether oxygens (including phenoxy) is 2. The van der Waals surface area contributed by atoms with E-state index in [0.717, 1.165) is 51.3 Å². The van der Waals surface area contributed by atoms with Gasteiger partial charge in [-0.05, 0) is 54.6 Å². The van der Waals surface area contributed by atoms with Crippen molar-refractivity contribution in [3.05, 3.63) is 85.1 Å². The zero-order valence-electron chi connectivity index (χ0n) is 14.3. The van der Waals surface area contributed by atoms with Crippen molar-refractivity contribution < 1.29 is 9.47 Å². The minimum atomic E-state index is 0.792. The summed E-state index contributed by atoms with van der Waals surface area (Å²) in [5.74, 6) is 3.23. The first kappa shape index (κ1) is 14.4. The summed E-state index contributed by atoms with van der Waals surface area (Å²) in [6.45, 7) is 0. The van der Waals surface area contributed by atoms with Gasteiger partial charge in [-0.15, -0.1) is 0 Å². The highest BCUT2D eigenvalue weighted by molar-refractivity contribution is 5.94. The van der Waals surface area contributed by atoms with Gasteiger partial charge in [-0.25, -0.2) is 0 Å². The summed E-state index contributed by atoms with van der Waals surface area (Å²) < 4.78 is 12.3. The monoisotopic (exact) mass is 350 g/mol. The Morgan fingerprint density at radius 1 is 0.630 bits per heavy atom. The summed E-state index contributed by atoms with van der Waals surface area (Å²) in [4.78, 5) is 6.70. The standard InChI is InChI=1S/C23H14N2O2/c1-2-8-19-17(7-1)25-18-14-15(16-6-3-4-13-24-16)11-12-20(18)27-22-10-5-9-21(26-19)23(22)25/h1-14H. The molecule has 4 nitrogen and oxygen atoms in total. The second-order valence-corrected chi connectivity index (χ2v) is 6.51. The average molecular weight is 350 g/mol. The van der Waals surface area contributed by atoms with E-state index >= 15 is 0 Å². The molecule has 0 saturated heterocycles. The van der Waals surface area contributed by atoms with Crippen LogP contribution in [-0.4, -0.2) is 4.98 Å². The van der Waals surface area contributed by atoms with Crippen LogP contribution in [0, 0.1) is 0 Å². The van der Waals surface area contributed by atoms with Gasteiger partial charge < -0.3 is 9.47 Å². The maximum absolute atomic E-state index is 6.19. The number of hydrogen-bond donors (Lipinski definition) is 0. The molecule has 0 atom stereocenters. The second kappa shape index (κ2) is 5.35. The summed E-state index contributed by atoms with van der Waals surface area (Å²) in [5.41, 5.74) is 4.89. The van der Waals surface area contributed by atoms with E-state index in [1.165, 1.54) is 0 Å². The van der Waals surface area contributed by atoms with Gasteiger partial charge >= 0.3 is 0 Å². The minimum absolute atomic E-state index is 0.792. The molecule has 2 aliphatic heterocycles. The number of pyridine rings is 1. The zero-order valence-corrected chi connectivity index (χ0v) is 14.3. The summed E-state index contributed by atoms with van der Waals surface area (Å²) >= 11 is 0. The van der Waals surface area contributed by atoms with Crippen LogP contribution in [0.15, 0.2) is 85.1 Å². The molecule has 0 bridgehead atoms. The summed E-state index contributed by atoms with van der Waals surface area (Å²) in [7, 11) is 0. The van der Waals surface area contributed by atoms with Crippen LogP contribution < -0.4 is 14.4 Å². The molecule has 1 aromatic heterocycles. The maximum atomic E-state index is 6.19. The molecule has 4 aromatic rings. The predicted octanol–water partition coefficient (Wildman–Crippen LogP) is 6.43. The molecule has 0 fully saturated rings. The molecular formula is C23H14N2O2. The lowest BCUT2D eigenvalue weighted by Crippen LogP contribution is -2.20. The number of rotatable bonds is 1. The van der Waals surface area contributed by atoms with Crippen LogP contribution in [0.5, 0.6) is 23.0 Å². The predicted molar refractivity (Wildman–Crippen MR) is 105 cm³/mol. The van der Waals surface area contributed by atoms with Crippen molar-refractivity contribution in [2.75, 3.05) is 4.90 Å². The topological polar surface area (TPSA) is 34.6 Å². The fourth-order valence-corrected chi connectivity index (χ4v) is 3.69. The third-order valence-electron chi connectivity index (χ3n) is 4.89. The fourth-order valence-electron chi connectivity index (χ4n) is 3.69. The number of aromatic nitrogens is 1. The highest BCUT2D eigenvalue weighted by Gasteiger charge is 2.34. The maximum Gasteiger partial charge on any atom is 0.155 e. The molecule has 3 aromatic carbocycles. The van der Waals surface area contributed by atoms with E-state index in [2.05, 4.69) is 22.0 Å². The van der Waals surface area contributed by atoms with Crippen LogP contribution in [0.4, 0.5) is 17.1 Å². The first-order valence-electron chi connectivity index (χ1n) is 8.82. The second-order valence-electron chi connectivity index (χ2n) is 6.51. The molecule has 0 saturated carbocycles. The van der Waals surface area contributed by atoms with E-state index in [-0.39, 0.29) is 0 Å². The Balaban J connectivity index is 1.62. The smallest absolute Gasteiger partial charge is 0.155 e. The van der Waals surface area contributed by atoms with Gasteiger partial charge in [-0.2, -0.15) is 0 Å². The van der Waals surface area contributed by atoms with Crippen LogP contribution >= 0.6 is 0 Å². The Morgan fingerprint density at radius 3 is 2.19 bits per heavy atom. The Bertz CT molecular complexity index is 1170. The van der Waals surface area contributed by atoms with Crippen LogP contribution in [0.3, 0.4) is 0 Å². The normalized spacial score (nSPS) is 13.0. The van der Waals surface area contributed by atoms with Gasteiger partial charge in [-0.1, -0.05) is 24.3 Å². The summed E-state index contributed by atoms with van der Waals surface area (Å²) in [6.07, 6.45) is 1.81. The molecule has 0 N–H and O–H groups in total. The van der Waals surface area contributed by atoms with Gasteiger partial charge in [0.1, 0.15) is 5.69 Å². The van der Waals surface area contributed by atoms with Crippen LogP contribution in [0.2, 0.25) is 0 Å². The van der Waals surface area contributed by atoms with E-state index in [9.17, 15) is 0 Å². The van der Waals surface area contributed by atoms with Crippen LogP contribution in [0.25, 0.3) is 11.3 Å². The number of para-hydroxylation sites is 3. The van der Waals surface area contributed by atoms with E-state index in [1.807, 2.05) is 72.9 Å². The number of hydrogen-bond acceptors (Lipinski definition) is 4. The Hall–Kier alpha value is -3.79. The molecule has 0 unspecified atom stereocenters. The molecule has 128 valence electrons. The van der Waals surface area contributed by atoms with Crippen molar-refractivity contribution in [3.63, 3.8) is 0 Å². The van der Waals surface area contributed by atoms with Gasteiger partial charge in [0.2, 0.25) is 0 Å². The van der Waals surface area contributed by atoms with Gasteiger partial charge in [0.05, 0.1) is 17.1 Å². The van der Waals surface area contributed by atoms with Gasteiger partial charge in [-0.3, -0.25) is 9.88 Å². The van der Waals surface area contributed by atoms with Crippen molar-refractivity contribution in [1.29, 1.82) is 0 Å². The van der Waals surface area contributed by atoms with E-state index in [4.69, 9.17) is 9.47 Å². The van der Waals surface area contributed by atoms with Crippen molar-refractivity contribution in [1.82, 2.24) is 4.98 Å². The quantitative estimate of drug-likeness (QED) is 0.342. The molecule has 27 heavy (non-hydrogen) atoms. The lowest BCUT2D eigenvalue weighted by atomic mass is 10.0. The van der Waals surface area contributed by atoms with E-state index < -0.39 is 0 Å². The number of anilines is 3. The highest BCUT2D eigenvalue weighted by atomic mass is 16.5. The van der Waals surface area contributed by atoms with Gasteiger partial charge in [0.15, 0.2) is 23.0 Å². The van der Waals surface area contributed by atoms with Gasteiger partial charge in [0, 0.05) is 11.8 Å². The van der Waals surface area contributed by atoms with Crippen molar-refractivity contribution in [3.8, 4) is 34.3 Å². The Morgan fingerprint density at radius 2 is 1.37 bits per heavy atom. The first-order valence-corrected chi connectivity index (χ1v) is 8.82. The summed E-state index contributed by atoms with van der Waals surface area (Å²) in [6, 6.07) is 26.1. The van der Waals surface area contributed by atoms with Crippen LogP contribution in [0.1, 0.15) is 0 Å². The third-order valence-corrected chi connectivity index (χ3v) is 4.89. The molecule has 6 rings (SSSR count). The number of fused-ring (bicyclic) bond motifs is 4. The Labute approximate surface area is 156 Å². The lowest BCUT2D eigenvalue weighted by Gasteiger charge is -2.37. The summed E-state index contributed by atoms with van der Waals surface area (Å²) in [5, 5.41) is 0. The SMILES string of the molecule is c1ccc(-c2ccc3c(c2)N2c4ccccc4Oc4cccc(c42)O3)nc1. The number of benzene rings is 3.